The van der Waals surface area contributed by atoms with E-state index in [0.29, 0.717) is 37.9 Å². The summed E-state index contributed by atoms with van der Waals surface area (Å²) in [4.78, 5) is 8.75. The first-order chi connectivity index (χ1) is 9.79. The first-order valence-corrected chi connectivity index (χ1v) is 6.55. The van der Waals surface area contributed by atoms with Gasteiger partial charge in [0.2, 0.25) is 0 Å². The summed E-state index contributed by atoms with van der Waals surface area (Å²) in [5.41, 5.74) is 7.71. The molecule has 0 aliphatic rings. The van der Waals surface area contributed by atoms with E-state index in [0.717, 1.165) is 11.3 Å². The van der Waals surface area contributed by atoms with Crippen molar-refractivity contribution in [3.63, 3.8) is 0 Å². The van der Waals surface area contributed by atoms with Gasteiger partial charge < -0.3 is 15.2 Å². The van der Waals surface area contributed by atoms with E-state index in [-0.39, 0.29) is 0 Å². The number of aromatic nitrogens is 2. The van der Waals surface area contributed by atoms with E-state index in [2.05, 4.69) is 9.97 Å². The zero-order valence-electron chi connectivity index (χ0n) is 11.6. The molecular formula is C15H19N3O2. The topological polar surface area (TPSA) is 70.3 Å². The summed E-state index contributed by atoms with van der Waals surface area (Å²) in [7, 11) is 1.65. The predicted molar refractivity (Wildman–Crippen MR) is 78.3 cm³/mol. The second-order valence-electron chi connectivity index (χ2n) is 4.32. The fourth-order valence-corrected chi connectivity index (χ4v) is 1.79. The minimum absolute atomic E-state index is 0.478. The Balaban J connectivity index is 2.02. The molecular weight excluding hydrogens is 254 g/mol. The Bertz CT molecular complexity index is 532. The number of anilines is 1. The lowest BCUT2D eigenvalue weighted by molar-refractivity contribution is 0.0716. The first kappa shape index (κ1) is 14.4. The monoisotopic (exact) mass is 273 g/mol. The van der Waals surface area contributed by atoms with E-state index in [1.54, 1.807) is 13.2 Å². The van der Waals surface area contributed by atoms with Crippen molar-refractivity contribution in [3.05, 3.63) is 42.2 Å². The molecule has 0 radical (unpaired) electrons. The van der Waals surface area contributed by atoms with E-state index in [9.17, 15) is 0 Å². The second-order valence-corrected chi connectivity index (χ2v) is 4.32. The number of ether oxygens (including phenoxy) is 2. The predicted octanol–water partition coefficient (Wildman–Crippen LogP) is 1.93. The fraction of sp³-hybridized carbons (Fsp3) is 0.333. The van der Waals surface area contributed by atoms with Gasteiger partial charge in [0.15, 0.2) is 0 Å². The van der Waals surface area contributed by atoms with E-state index in [1.807, 2.05) is 30.3 Å². The van der Waals surface area contributed by atoms with Crippen molar-refractivity contribution in [2.75, 3.05) is 32.7 Å². The number of hydrogen-bond donors (Lipinski definition) is 1. The Morgan fingerprint density at radius 3 is 2.60 bits per heavy atom. The Morgan fingerprint density at radius 1 is 1.05 bits per heavy atom. The van der Waals surface area contributed by atoms with Gasteiger partial charge in [0, 0.05) is 25.2 Å². The van der Waals surface area contributed by atoms with Gasteiger partial charge in [0.05, 0.1) is 25.5 Å². The van der Waals surface area contributed by atoms with Crippen molar-refractivity contribution in [3.8, 4) is 11.3 Å². The summed E-state index contributed by atoms with van der Waals surface area (Å²) in [6.45, 7) is 1.72. The molecule has 2 N–H and O–H groups in total. The molecule has 0 amide bonds. The average Bonchev–Trinajstić information content (AvgIpc) is 2.47. The molecule has 0 atom stereocenters. The maximum absolute atomic E-state index is 5.84. The lowest BCUT2D eigenvalue weighted by Gasteiger charge is -2.06. The van der Waals surface area contributed by atoms with Gasteiger partial charge in [-0.05, 0) is 0 Å². The molecule has 0 saturated heterocycles. The molecule has 0 bridgehead atoms. The van der Waals surface area contributed by atoms with Gasteiger partial charge in [0.25, 0.3) is 0 Å². The number of nitrogen functional groups attached to an aromatic ring is 1. The van der Waals surface area contributed by atoms with Crippen LogP contribution in [0, 0.1) is 0 Å². The highest BCUT2D eigenvalue weighted by atomic mass is 16.5. The van der Waals surface area contributed by atoms with Crippen LogP contribution in [0.1, 0.15) is 5.82 Å². The highest BCUT2D eigenvalue weighted by Crippen LogP contribution is 2.18. The van der Waals surface area contributed by atoms with Crippen LogP contribution in [0.3, 0.4) is 0 Å². The van der Waals surface area contributed by atoms with Crippen molar-refractivity contribution in [2.45, 2.75) is 6.42 Å². The largest absolute Gasteiger partial charge is 0.384 e. The third-order valence-corrected chi connectivity index (χ3v) is 2.76. The molecule has 1 aromatic carbocycles. The van der Waals surface area contributed by atoms with Crippen molar-refractivity contribution in [1.82, 2.24) is 9.97 Å². The zero-order chi connectivity index (χ0) is 14.2. The first-order valence-electron chi connectivity index (χ1n) is 6.55. The molecule has 20 heavy (non-hydrogen) atoms. The van der Waals surface area contributed by atoms with Crippen LogP contribution in [0.25, 0.3) is 11.3 Å². The van der Waals surface area contributed by atoms with Crippen LogP contribution in [0.2, 0.25) is 0 Å². The van der Waals surface area contributed by atoms with Gasteiger partial charge in [-0.1, -0.05) is 30.3 Å². The molecule has 2 aromatic rings. The summed E-state index contributed by atoms with van der Waals surface area (Å²) in [5.74, 6) is 1.17. The Hall–Kier alpha value is -1.98. The van der Waals surface area contributed by atoms with Crippen LogP contribution < -0.4 is 5.73 Å². The van der Waals surface area contributed by atoms with Crippen LogP contribution in [0.4, 0.5) is 5.82 Å². The number of rotatable bonds is 7. The minimum Gasteiger partial charge on any atom is -0.384 e. The zero-order valence-corrected chi connectivity index (χ0v) is 11.6. The van der Waals surface area contributed by atoms with Gasteiger partial charge in [-0.15, -0.1) is 0 Å². The Labute approximate surface area is 118 Å². The molecule has 0 unspecified atom stereocenters. The van der Waals surface area contributed by atoms with Gasteiger partial charge in [0.1, 0.15) is 11.6 Å². The van der Waals surface area contributed by atoms with E-state index in [4.69, 9.17) is 15.2 Å². The van der Waals surface area contributed by atoms with Crippen LogP contribution >= 0.6 is 0 Å². The van der Waals surface area contributed by atoms with Crippen molar-refractivity contribution >= 4 is 5.82 Å². The van der Waals surface area contributed by atoms with Crippen LogP contribution in [0.15, 0.2) is 36.4 Å². The number of benzene rings is 1. The molecule has 1 heterocycles. The summed E-state index contributed by atoms with van der Waals surface area (Å²) in [6.07, 6.45) is 0.634. The summed E-state index contributed by atoms with van der Waals surface area (Å²) in [6, 6.07) is 11.7. The number of hydrogen-bond acceptors (Lipinski definition) is 5. The number of methoxy groups -OCH3 is 1. The van der Waals surface area contributed by atoms with Crippen molar-refractivity contribution < 1.29 is 9.47 Å². The summed E-state index contributed by atoms with van der Waals surface area (Å²) < 4.78 is 10.3. The number of nitrogens with two attached hydrogens (primary N) is 1. The lowest BCUT2D eigenvalue weighted by atomic mass is 10.1. The fourth-order valence-electron chi connectivity index (χ4n) is 1.79. The van der Waals surface area contributed by atoms with Crippen LogP contribution in [-0.2, 0) is 15.9 Å². The Kier molecular flexibility index (Phi) is 5.46. The molecule has 0 saturated carbocycles. The minimum atomic E-state index is 0.478. The SMILES string of the molecule is COCCOCCc1nc(N)cc(-c2ccccc2)n1. The highest BCUT2D eigenvalue weighted by Gasteiger charge is 2.05. The molecule has 5 heteroatoms. The quantitative estimate of drug-likeness (QED) is 0.781. The van der Waals surface area contributed by atoms with Gasteiger partial charge in [-0.3, -0.25) is 0 Å². The average molecular weight is 273 g/mol. The highest BCUT2D eigenvalue weighted by molar-refractivity contribution is 5.61. The third kappa shape index (κ3) is 4.29. The van der Waals surface area contributed by atoms with E-state index in [1.165, 1.54) is 0 Å². The lowest BCUT2D eigenvalue weighted by Crippen LogP contribution is -2.08. The van der Waals surface area contributed by atoms with Crippen LogP contribution in [-0.4, -0.2) is 36.9 Å². The second kappa shape index (κ2) is 7.57. The van der Waals surface area contributed by atoms with E-state index >= 15 is 0 Å². The smallest absolute Gasteiger partial charge is 0.133 e. The molecule has 106 valence electrons. The molecule has 0 aliphatic heterocycles. The maximum Gasteiger partial charge on any atom is 0.133 e. The molecule has 0 fully saturated rings. The van der Waals surface area contributed by atoms with Crippen molar-refractivity contribution in [1.29, 1.82) is 0 Å². The molecule has 0 aliphatic carbocycles. The van der Waals surface area contributed by atoms with Crippen LogP contribution in [0.5, 0.6) is 0 Å². The number of nitrogens with zero attached hydrogens (tertiary/aromatic N) is 2. The normalized spacial score (nSPS) is 10.7. The maximum atomic E-state index is 5.84. The molecule has 2 rings (SSSR count). The molecule has 0 spiro atoms. The Morgan fingerprint density at radius 2 is 1.85 bits per heavy atom. The van der Waals surface area contributed by atoms with E-state index < -0.39 is 0 Å². The van der Waals surface area contributed by atoms with Gasteiger partial charge in [-0.25, -0.2) is 9.97 Å². The van der Waals surface area contributed by atoms with Gasteiger partial charge in [-0.2, -0.15) is 0 Å². The van der Waals surface area contributed by atoms with Gasteiger partial charge >= 0.3 is 0 Å². The third-order valence-electron chi connectivity index (χ3n) is 2.76. The summed E-state index contributed by atoms with van der Waals surface area (Å²) in [5, 5.41) is 0. The standard InChI is InChI=1S/C15H19N3O2/c1-19-9-10-20-8-7-15-17-13(11-14(16)18-15)12-5-3-2-4-6-12/h2-6,11H,7-10H2,1H3,(H2,16,17,18). The molecule has 5 nitrogen and oxygen atoms in total. The van der Waals surface area contributed by atoms with Crippen molar-refractivity contribution in [2.24, 2.45) is 0 Å². The summed E-state index contributed by atoms with van der Waals surface area (Å²) >= 11 is 0. The molecule has 1 aromatic heterocycles.